The quantitative estimate of drug-likeness (QED) is 0.915. The average molecular weight is 261 g/mol. The average Bonchev–Trinajstić information content (AvgIpc) is 2.35. The van der Waals surface area contributed by atoms with Gasteiger partial charge in [0.2, 0.25) is 0 Å². The second-order valence-corrected chi connectivity index (χ2v) is 4.56. The molecule has 0 fully saturated rings. The van der Waals surface area contributed by atoms with Gasteiger partial charge in [0.15, 0.2) is 0 Å². The Morgan fingerprint density at radius 3 is 2.33 bits per heavy atom. The minimum absolute atomic E-state index is 0.105. The van der Waals surface area contributed by atoms with Crippen molar-refractivity contribution in [2.24, 2.45) is 0 Å². The number of aromatic hydroxyl groups is 1. The number of hydrogen-bond donors (Lipinski definition) is 1. The zero-order valence-electron chi connectivity index (χ0n) is 9.77. The second-order valence-electron chi connectivity index (χ2n) is 4.15. The molecule has 0 aromatic heterocycles. The molecule has 2 nitrogen and oxygen atoms in total. The largest absolute Gasteiger partial charge is 0.508 e. The van der Waals surface area contributed by atoms with E-state index in [1.54, 1.807) is 30.3 Å². The molecule has 1 N–H and O–H groups in total. The van der Waals surface area contributed by atoms with Gasteiger partial charge in [0.25, 0.3) is 0 Å². The Labute approximate surface area is 111 Å². The molecule has 0 unspecified atom stereocenters. The van der Waals surface area contributed by atoms with E-state index in [1.165, 1.54) is 0 Å². The lowest BCUT2D eigenvalue weighted by atomic mass is 10.0. The third-order valence-corrected chi connectivity index (χ3v) is 3.05. The predicted molar refractivity (Wildman–Crippen MR) is 72.0 cm³/mol. The molecular formula is C15H13ClO2. The summed E-state index contributed by atoms with van der Waals surface area (Å²) in [6.07, 6.45) is 0.687. The minimum atomic E-state index is 0.105. The molecule has 0 radical (unpaired) electrons. The van der Waals surface area contributed by atoms with Gasteiger partial charge in [-0.2, -0.15) is 0 Å². The fourth-order valence-electron chi connectivity index (χ4n) is 1.76. The van der Waals surface area contributed by atoms with Crippen LogP contribution in [0.2, 0.25) is 5.02 Å². The molecular weight excluding hydrogens is 248 g/mol. The summed E-state index contributed by atoms with van der Waals surface area (Å²) in [5.41, 5.74) is 1.74. The lowest BCUT2D eigenvalue weighted by Crippen LogP contribution is -2.06. The second kappa shape index (κ2) is 5.69. The molecule has 0 saturated carbocycles. The van der Waals surface area contributed by atoms with E-state index in [0.717, 1.165) is 11.1 Å². The molecule has 0 saturated heterocycles. The van der Waals surface area contributed by atoms with Gasteiger partial charge in [-0.05, 0) is 29.3 Å². The maximum absolute atomic E-state index is 11.9. The number of rotatable bonds is 4. The van der Waals surface area contributed by atoms with Crippen LogP contribution < -0.4 is 0 Å². The lowest BCUT2D eigenvalue weighted by molar-refractivity contribution is -0.117. The van der Waals surface area contributed by atoms with Crippen molar-refractivity contribution >= 4 is 17.4 Å². The molecule has 0 amide bonds. The summed E-state index contributed by atoms with van der Waals surface area (Å²) in [6.45, 7) is 0. The van der Waals surface area contributed by atoms with E-state index in [1.807, 2.05) is 18.2 Å². The number of benzene rings is 2. The monoisotopic (exact) mass is 260 g/mol. The van der Waals surface area contributed by atoms with Gasteiger partial charge >= 0.3 is 0 Å². The SMILES string of the molecule is O=C(Cc1ccc(O)cc1)Cc1ccccc1Cl. The van der Waals surface area contributed by atoms with Crippen LogP contribution in [0.15, 0.2) is 48.5 Å². The zero-order chi connectivity index (χ0) is 13.0. The van der Waals surface area contributed by atoms with Crippen LogP contribution in [-0.2, 0) is 17.6 Å². The third kappa shape index (κ3) is 3.34. The number of hydrogen-bond acceptors (Lipinski definition) is 2. The molecule has 0 atom stereocenters. The first-order valence-electron chi connectivity index (χ1n) is 5.68. The normalized spacial score (nSPS) is 10.3. The molecule has 2 rings (SSSR count). The molecule has 18 heavy (non-hydrogen) atoms. The number of carbonyl (C=O) groups excluding carboxylic acids is 1. The van der Waals surface area contributed by atoms with Crippen LogP contribution in [0, 0.1) is 0 Å². The van der Waals surface area contributed by atoms with E-state index in [9.17, 15) is 4.79 Å². The number of phenolic OH excluding ortho intramolecular Hbond substituents is 1. The van der Waals surface area contributed by atoms with E-state index in [4.69, 9.17) is 16.7 Å². The van der Waals surface area contributed by atoms with Gasteiger partial charge in [-0.25, -0.2) is 0 Å². The molecule has 0 heterocycles. The number of halogens is 1. The van der Waals surface area contributed by atoms with Crippen molar-refractivity contribution in [3.05, 3.63) is 64.7 Å². The summed E-state index contributed by atoms with van der Waals surface area (Å²) in [4.78, 5) is 11.9. The van der Waals surface area contributed by atoms with Crippen molar-refractivity contribution in [3.63, 3.8) is 0 Å². The fourth-order valence-corrected chi connectivity index (χ4v) is 1.96. The molecule has 2 aromatic carbocycles. The van der Waals surface area contributed by atoms with Crippen LogP contribution in [-0.4, -0.2) is 10.9 Å². The first-order valence-corrected chi connectivity index (χ1v) is 6.06. The summed E-state index contributed by atoms with van der Waals surface area (Å²) in [6, 6.07) is 14.0. The summed E-state index contributed by atoms with van der Waals surface area (Å²) < 4.78 is 0. The first kappa shape index (κ1) is 12.7. The number of carbonyl (C=O) groups is 1. The Kier molecular flexibility index (Phi) is 4.00. The fraction of sp³-hybridized carbons (Fsp3) is 0.133. The van der Waals surface area contributed by atoms with Crippen LogP contribution in [0.3, 0.4) is 0 Å². The van der Waals surface area contributed by atoms with Gasteiger partial charge in [-0.3, -0.25) is 4.79 Å². The summed E-state index contributed by atoms with van der Waals surface area (Å²) in [5, 5.41) is 9.78. The van der Waals surface area contributed by atoms with Crippen molar-refractivity contribution in [2.75, 3.05) is 0 Å². The third-order valence-electron chi connectivity index (χ3n) is 2.68. The molecule has 0 aliphatic rings. The van der Waals surface area contributed by atoms with Gasteiger partial charge in [-0.15, -0.1) is 0 Å². The van der Waals surface area contributed by atoms with Crippen LogP contribution in [0.4, 0.5) is 0 Å². The van der Waals surface area contributed by atoms with Crippen molar-refractivity contribution in [1.29, 1.82) is 0 Å². The predicted octanol–water partition coefficient (Wildman–Crippen LogP) is 3.40. The van der Waals surface area contributed by atoms with Crippen LogP contribution in [0.5, 0.6) is 5.75 Å². The molecule has 92 valence electrons. The van der Waals surface area contributed by atoms with Crippen molar-refractivity contribution in [1.82, 2.24) is 0 Å². The number of Topliss-reactive ketones (excluding diaryl/α,β-unsaturated/α-hetero) is 1. The highest BCUT2D eigenvalue weighted by Gasteiger charge is 2.07. The van der Waals surface area contributed by atoms with Gasteiger partial charge < -0.3 is 5.11 Å². The first-order chi connectivity index (χ1) is 8.65. The van der Waals surface area contributed by atoms with E-state index in [0.29, 0.717) is 17.9 Å². The highest BCUT2D eigenvalue weighted by atomic mass is 35.5. The Balaban J connectivity index is 2.01. The van der Waals surface area contributed by atoms with Crippen LogP contribution >= 0.6 is 11.6 Å². The molecule has 0 bridgehead atoms. The summed E-state index contributed by atoms with van der Waals surface area (Å²) in [5.74, 6) is 0.311. The Hall–Kier alpha value is -1.80. The summed E-state index contributed by atoms with van der Waals surface area (Å²) >= 11 is 6.01. The highest BCUT2D eigenvalue weighted by molar-refractivity contribution is 6.31. The van der Waals surface area contributed by atoms with Crippen LogP contribution in [0.1, 0.15) is 11.1 Å². The molecule has 3 heteroatoms. The Morgan fingerprint density at radius 2 is 1.67 bits per heavy atom. The van der Waals surface area contributed by atoms with Gasteiger partial charge in [0.05, 0.1) is 0 Å². The van der Waals surface area contributed by atoms with Crippen molar-refractivity contribution in [2.45, 2.75) is 12.8 Å². The Bertz CT molecular complexity index is 547. The molecule has 2 aromatic rings. The standard InChI is InChI=1S/C15H13ClO2/c16-15-4-2-1-3-12(15)10-14(18)9-11-5-7-13(17)8-6-11/h1-8,17H,9-10H2. The van der Waals surface area contributed by atoms with E-state index in [-0.39, 0.29) is 11.5 Å². The molecule has 0 aliphatic carbocycles. The smallest absolute Gasteiger partial charge is 0.141 e. The van der Waals surface area contributed by atoms with E-state index in [2.05, 4.69) is 0 Å². The maximum Gasteiger partial charge on any atom is 0.141 e. The number of ketones is 1. The maximum atomic E-state index is 11.9. The zero-order valence-corrected chi connectivity index (χ0v) is 10.5. The van der Waals surface area contributed by atoms with Gasteiger partial charge in [0.1, 0.15) is 11.5 Å². The van der Waals surface area contributed by atoms with Crippen molar-refractivity contribution < 1.29 is 9.90 Å². The van der Waals surface area contributed by atoms with Gasteiger partial charge in [-0.1, -0.05) is 41.9 Å². The van der Waals surface area contributed by atoms with Crippen LogP contribution in [0.25, 0.3) is 0 Å². The van der Waals surface area contributed by atoms with E-state index >= 15 is 0 Å². The van der Waals surface area contributed by atoms with Crippen molar-refractivity contribution in [3.8, 4) is 5.75 Å². The summed E-state index contributed by atoms with van der Waals surface area (Å²) in [7, 11) is 0. The lowest BCUT2D eigenvalue weighted by Gasteiger charge is -2.04. The number of phenols is 1. The van der Waals surface area contributed by atoms with E-state index < -0.39 is 0 Å². The minimum Gasteiger partial charge on any atom is -0.508 e. The topological polar surface area (TPSA) is 37.3 Å². The molecule has 0 spiro atoms. The Morgan fingerprint density at radius 1 is 1.00 bits per heavy atom. The molecule has 0 aliphatic heterocycles. The van der Waals surface area contributed by atoms with Gasteiger partial charge in [0, 0.05) is 17.9 Å². The highest BCUT2D eigenvalue weighted by Crippen LogP contribution is 2.17.